The van der Waals surface area contributed by atoms with Crippen molar-refractivity contribution in [2.45, 2.75) is 30.2 Å². The lowest BCUT2D eigenvalue weighted by Crippen LogP contribution is -2.25. The van der Waals surface area contributed by atoms with Gasteiger partial charge in [0.15, 0.2) is 0 Å². The van der Waals surface area contributed by atoms with Crippen LogP contribution in [0.4, 0.5) is 5.69 Å². The summed E-state index contributed by atoms with van der Waals surface area (Å²) in [6.45, 7) is 0. The fraction of sp³-hybridized carbons (Fsp3) is 0.417. The van der Waals surface area contributed by atoms with Gasteiger partial charge in [0.1, 0.15) is 0 Å². The van der Waals surface area contributed by atoms with Crippen LogP contribution in [-0.2, 0) is 4.79 Å². The van der Waals surface area contributed by atoms with Crippen LogP contribution in [0.5, 0.6) is 0 Å². The molecule has 1 amide bonds. The molecule has 17 heavy (non-hydrogen) atoms. The summed E-state index contributed by atoms with van der Waals surface area (Å²) in [4.78, 5) is 12.4. The van der Waals surface area contributed by atoms with Crippen LogP contribution >= 0.6 is 23.4 Å². The van der Waals surface area contributed by atoms with E-state index < -0.39 is 0 Å². The van der Waals surface area contributed by atoms with Crippen molar-refractivity contribution in [3.05, 3.63) is 23.2 Å². The normalized spacial score (nSPS) is 14.6. The number of benzene rings is 1. The first kappa shape index (κ1) is 12.6. The maximum Gasteiger partial charge on any atom is 0.221 e. The topological polar surface area (TPSA) is 55.1 Å². The van der Waals surface area contributed by atoms with Crippen LogP contribution in [0.1, 0.15) is 19.3 Å². The highest BCUT2D eigenvalue weighted by molar-refractivity contribution is 7.99. The Morgan fingerprint density at radius 2 is 2.29 bits per heavy atom. The van der Waals surface area contributed by atoms with E-state index in [2.05, 4.69) is 5.32 Å². The maximum absolute atomic E-state index is 11.4. The van der Waals surface area contributed by atoms with Gasteiger partial charge in [0, 0.05) is 33.8 Å². The van der Waals surface area contributed by atoms with E-state index in [-0.39, 0.29) is 5.91 Å². The van der Waals surface area contributed by atoms with Gasteiger partial charge in [0.05, 0.1) is 0 Å². The molecule has 0 spiro atoms. The van der Waals surface area contributed by atoms with Crippen molar-refractivity contribution in [3.63, 3.8) is 0 Å². The van der Waals surface area contributed by atoms with E-state index in [0.717, 1.165) is 23.5 Å². The van der Waals surface area contributed by atoms with Crippen LogP contribution in [0, 0.1) is 0 Å². The zero-order chi connectivity index (χ0) is 12.3. The monoisotopic (exact) mass is 270 g/mol. The van der Waals surface area contributed by atoms with Crippen molar-refractivity contribution >= 4 is 35.0 Å². The van der Waals surface area contributed by atoms with Crippen molar-refractivity contribution in [2.24, 2.45) is 0 Å². The smallest absolute Gasteiger partial charge is 0.221 e. The second-order valence-electron chi connectivity index (χ2n) is 4.12. The van der Waals surface area contributed by atoms with Crippen LogP contribution in [0.3, 0.4) is 0 Å². The summed E-state index contributed by atoms with van der Waals surface area (Å²) in [6, 6.07) is 5.87. The number of nitrogens with one attached hydrogen (secondary N) is 1. The predicted molar refractivity (Wildman–Crippen MR) is 72.4 cm³/mol. The second kappa shape index (κ2) is 5.65. The van der Waals surface area contributed by atoms with Crippen LogP contribution in [0.15, 0.2) is 23.1 Å². The average molecular weight is 271 g/mol. The Balaban J connectivity index is 1.75. The Morgan fingerprint density at radius 1 is 1.53 bits per heavy atom. The van der Waals surface area contributed by atoms with Crippen molar-refractivity contribution in [2.75, 3.05) is 11.5 Å². The van der Waals surface area contributed by atoms with Crippen molar-refractivity contribution in [1.82, 2.24) is 5.32 Å². The third kappa shape index (κ3) is 4.13. The van der Waals surface area contributed by atoms with Crippen molar-refractivity contribution in [3.8, 4) is 0 Å². The fourth-order valence-electron chi connectivity index (χ4n) is 1.43. The summed E-state index contributed by atoms with van der Waals surface area (Å²) < 4.78 is 0. The van der Waals surface area contributed by atoms with Gasteiger partial charge >= 0.3 is 0 Å². The van der Waals surface area contributed by atoms with Gasteiger partial charge in [0.2, 0.25) is 5.91 Å². The first-order chi connectivity index (χ1) is 8.15. The van der Waals surface area contributed by atoms with E-state index in [1.54, 1.807) is 17.8 Å². The minimum absolute atomic E-state index is 0.132. The Bertz CT molecular complexity index is 421. The molecule has 92 valence electrons. The number of carbonyl (C=O) groups is 1. The molecule has 0 atom stereocenters. The van der Waals surface area contributed by atoms with Gasteiger partial charge in [-0.2, -0.15) is 0 Å². The molecule has 3 nitrogen and oxygen atoms in total. The lowest BCUT2D eigenvalue weighted by atomic mass is 10.3. The van der Waals surface area contributed by atoms with Crippen molar-refractivity contribution in [1.29, 1.82) is 0 Å². The molecule has 1 aromatic rings. The Labute approximate surface area is 110 Å². The quantitative estimate of drug-likeness (QED) is 0.639. The standard InChI is InChI=1S/C12H15ClN2OS/c13-8-1-4-11(10(14)7-8)17-6-5-12(16)15-9-2-3-9/h1,4,7,9H,2-3,5-6,14H2,(H,15,16). The lowest BCUT2D eigenvalue weighted by Gasteiger charge is -2.06. The summed E-state index contributed by atoms with van der Waals surface area (Å²) in [5.74, 6) is 0.872. The Kier molecular flexibility index (Phi) is 4.18. The number of hydrogen-bond acceptors (Lipinski definition) is 3. The second-order valence-corrected chi connectivity index (χ2v) is 5.70. The van der Waals surface area contributed by atoms with Gasteiger partial charge < -0.3 is 11.1 Å². The third-order valence-electron chi connectivity index (χ3n) is 2.50. The number of amides is 1. The van der Waals surface area contributed by atoms with Crippen LogP contribution in [-0.4, -0.2) is 17.7 Å². The molecule has 1 aliphatic rings. The minimum Gasteiger partial charge on any atom is -0.398 e. The SMILES string of the molecule is Nc1cc(Cl)ccc1SCCC(=O)NC1CC1. The number of carbonyl (C=O) groups excluding carboxylic acids is 1. The number of rotatable bonds is 5. The molecule has 1 saturated carbocycles. The van der Waals surface area contributed by atoms with Gasteiger partial charge in [0.25, 0.3) is 0 Å². The van der Waals surface area contributed by atoms with E-state index in [1.807, 2.05) is 12.1 Å². The predicted octanol–water partition coefficient (Wildman–Crippen LogP) is 2.68. The molecule has 2 rings (SSSR count). The maximum atomic E-state index is 11.4. The zero-order valence-electron chi connectivity index (χ0n) is 9.41. The molecule has 1 fully saturated rings. The average Bonchev–Trinajstić information content (AvgIpc) is 3.05. The van der Waals surface area contributed by atoms with Crippen LogP contribution < -0.4 is 11.1 Å². The van der Waals surface area contributed by atoms with Gasteiger partial charge in [-0.3, -0.25) is 4.79 Å². The highest BCUT2D eigenvalue weighted by Crippen LogP contribution is 2.28. The highest BCUT2D eigenvalue weighted by atomic mass is 35.5. The molecule has 0 aromatic heterocycles. The summed E-state index contributed by atoms with van der Waals surface area (Å²) in [5, 5.41) is 3.60. The van der Waals surface area contributed by atoms with Crippen molar-refractivity contribution < 1.29 is 4.79 Å². The zero-order valence-corrected chi connectivity index (χ0v) is 11.0. The molecule has 0 bridgehead atoms. The summed E-state index contributed by atoms with van der Waals surface area (Å²) in [7, 11) is 0. The fourth-order valence-corrected chi connectivity index (χ4v) is 2.51. The summed E-state index contributed by atoms with van der Waals surface area (Å²) >= 11 is 7.40. The van der Waals surface area contributed by atoms with E-state index in [1.165, 1.54) is 0 Å². The van der Waals surface area contributed by atoms with E-state index >= 15 is 0 Å². The van der Waals surface area contributed by atoms with E-state index in [0.29, 0.717) is 23.2 Å². The first-order valence-electron chi connectivity index (χ1n) is 5.62. The first-order valence-corrected chi connectivity index (χ1v) is 6.98. The number of nitrogen functional groups attached to an aromatic ring is 1. The molecule has 0 radical (unpaired) electrons. The van der Waals surface area contributed by atoms with E-state index in [9.17, 15) is 4.79 Å². The minimum atomic E-state index is 0.132. The van der Waals surface area contributed by atoms with Gasteiger partial charge in [-0.05, 0) is 31.0 Å². The molecular weight excluding hydrogens is 256 g/mol. The largest absolute Gasteiger partial charge is 0.398 e. The molecule has 0 aliphatic heterocycles. The van der Waals surface area contributed by atoms with Gasteiger partial charge in [-0.1, -0.05) is 11.6 Å². The molecule has 3 N–H and O–H groups in total. The van der Waals surface area contributed by atoms with Crippen LogP contribution in [0.25, 0.3) is 0 Å². The molecule has 0 unspecified atom stereocenters. The van der Waals surface area contributed by atoms with Gasteiger partial charge in [-0.15, -0.1) is 11.8 Å². The molecule has 1 aromatic carbocycles. The van der Waals surface area contributed by atoms with Crippen LogP contribution in [0.2, 0.25) is 5.02 Å². The summed E-state index contributed by atoms with van der Waals surface area (Å²) in [5.41, 5.74) is 6.49. The molecule has 0 saturated heterocycles. The number of hydrogen-bond donors (Lipinski definition) is 2. The van der Waals surface area contributed by atoms with Gasteiger partial charge in [-0.25, -0.2) is 0 Å². The molecular formula is C12H15ClN2OS. The Morgan fingerprint density at radius 3 is 2.94 bits per heavy atom. The highest BCUT2D eigenvalue weighted by Gasteiger charge is 2.22. The lowest BCUT2D eigenvalue weighted by molar-refractivity contribution is -0.120. The third-order valence-corrected chi connectivity index (χ3v) is 3.83. The van der Waals surface area contributed by atoms with E-state index in [4.69, 9.17) is 17.3 Å². The number of halogens is 1. The molecule has 5 heteroatoms. The number of anilines is 1. The summed E-state index contributed by atoms with van der Waals surface area (Å²) in [6.07, 6.45) is 2.79. The number of thioether (sulfide) groups is 1. The number of nitrogens with two attached hydrogens (primary N) is 1. The molecule has 1 aliphatic carbocycles. The molecule has 0 heterocycles. The Hall–Kier alpha value is -0.870.